The van der Waals surface area contributed by atoms with E-state index in [4.69, 9.17) is 23.2 Å². The van der Waals surface area contributed by atoms with Gasteiger partial charge in [-0.25, -0.2) is 9.37 Å². The van der Waals surface area contributed by atoms with E-state index >= 15 is 0 Å². The molecule has 0 saturated heterocycles. The lowest BCUT2D eigenvalue weighted by molar-refractivity contribution is 0.629. The Balaban J connectivity index is 2.27. The van der Waals surface area contributed by atoms with Crippen LogP contribution >= 0.6 is 39.1 Å². The van der Waals surface area contributed by atoms with Crippen LogP contribution in [0.25, 0.3) is 0 Å². The Kier molecular flexibility index (Phi) is 3.86. The second kappa shape index (κ2) is 5.21. The molecule has 0 radical (unpaired) electrons. The van der Waals surface area contributed by atoms with E-state index in [1.54, 1.807) is 12.3 Å². The highest BCUT2D eigenvalue weighted by Gasteiger charge is 2.07. The average Bonchev–Trinajstić information content (AvgIpc) is 2.29. The molecule has 88 valence electrons. The number of benzene rings is 1. The van der Waals surface area contributed by atoms with E-state index in [1.807, 2.05) is 6.07 Å². The van der Waals surface area contributed by atoms with Crippen LogP contribution in [0.5, 0.6) is 0 Å². The van der Waals surface area contributed by atoms with Gasteiger partial charge in [0.15, 0.2) is 5.82 Å². The summed E-state index contributed by atoms with van der Waals surface area (Å²) in [6, 6.07) is 6.51. The highest BCUT2D eigenvalue weighted by atomic mass is 79.9. The number of anilines is 2. The molecule has 1 heterocycles. The predicted molar refractivity (Wildman–Crippen MR) is 71.6 cm³/mol. The van der Waals surface area contributed by atoms with Gasteiger partial charge in [0.2, 0.25) is 0 Å². The van der Waals surface area contributed by atoms with Gasteiger partial charge in [0.05, 0.1) is 10.0 Å². The van der Waals surface area contributed by atoms with Gasteiger partial charge in [0.25, 0.3) is 0 Å². The summed E-state index contributed by atoms with van der Waals surface area (Å²) < 4.78 is 14.1. The zero-order valence-corrected chi connectivity index (χ0v) is 11.4. The van der Waals surface area contributed by atoms with E-state index in [-0.39, 0.29) is 10.0 Å². The molecule has 0 atom stereocenters. The highest BCUT2D eigenvalue weighted by Crippen LogP contribution is 2.28. The van der Waals surface area contributed by atoms with Crippen molar-refractivity contribution in [2.75, 3.05) is 5.32 Å². The minimum absolute atomic E-state index is 0.0305. The van der Waals surface area contributed by atoms with Crippen LogP contribution in [0.15, 0.2) is 34.9 Å². The van der Waals surface area contributed by atoms with Crippen LogP contribution in [-0.4, -0.2) is 4.98 Å². The number of hydrogen-bond donors (Lipinski definition) is 1. The topological polar surface area (TPSA) is 24.9 Å². The van der Waals surface area contributed by atoms with E-state index in [2.05, 4.69) is 26.2 Å². The van der Waals surface area contributed by atoms with E-state index in [1.165, 1.54) is 12.1 Å². The first kappa shape index (κ1) is 12.6. The van der Waals surface area contributed by atoms with Gasteiger partial charge in [-0.2, -0.15) is 0 Å². The molecule has 0 aliphatic rings. The first-order chi connectivity index (χ1) is 8.06. The smallest absolute Gasteiger partial charge is 0.160 e. The van der Waals surface area contributed by atoms with Gasteiger partial charge >= 0.3 is 0 Å². The van der Waals surface area contributed by atoms with Gasteiger partial charge in [-0.1, -0.05) is 23.2 Å². The van der Waals surface area contributed by atoms with Crippen LogP contribution in [-0.2, 0) is 0 Å². The molecule has 2 nitrogen and oxygen atoms in total. The third-order valence-electron chi connectivity index (χ3n) is 1.98. The maximum absolute atomic E-state index is 13.2. The minimum Gasteiger partial charge on any atom is -0.340 e. The molecule has 0 amide bonds. The predicted octanol–water partition coefficient (Wildman–Crippen LogP) is 5.03. The van der Waals surface area contributed by atoms with E-state index < -0.39 is 5.82 Å². The Morgan fingerprint density at radius 1 is 1.18 bits per heavy atom. The van der Waals surface area contributed by atoms with Crippen molar-refractivity contribution < 1.29 is 4.39 Å². The maximum atomic E-state index is 13.2. The van der Waals surface area contributed by atoms with E-state index in [0.29, 0.717) is 11.5 Å². The summed E-state index contributed by atoms with van der Waals surface area (Å²) in [4.78, 5) is 4.12. The summed E-state index contributed by atoms with van der Waals surface area (Å²) in [6.07, 6.45) is 1.65. The fourth-order valence-corrected chi connectivity index (χ4v) is 1.95. The highest BCUT2D eigenvalue weighted by molar-refractivity contribution is 9.10. The molecule has 17 heavy (non-hydrogen) atoms. The lowest BCUT2D eigenvalue weighted by atomic mass is 10.3. The average molecular weight is 336 g/mol. The Hall–Kier alpha value is -0.840. The molecular weight excluding hydrogens is 330 g/mol. The molecule has 0 bridgehead atoms. The molecule has 0 aliphatic carbocycles. The molecule has 6 heteroatoms. The third-order valence-corrected chi connectivity index (χ3v) is 3.00. The van der Waals surface area contributed by atoms with Crippen molar-refractivity contribution in [1.29, 1.82) is 0 Å². The number of rotatable bonds is 2. The number of pyridine rings is 1. The number of aromatic nitrogens is 1. The molecule has 0 spiro atoms. The van der Waals surface area contributed by atoms with Crippen LogP contribution in [0.1, 0.15) is 0 Å². The molecule has 1 aromatic carbocycles. The van der Waals surface area contributed by atoms with Gasteiger partial charge in [-0.15, -0.1) is 0 Å². The Labute approximate surface area is 116 Å². The van der Waals surface area contributed by atoms with Gasteiger partial charge in [0.1, 0.15) is 5.82 Å². The summed E-state index contributed by atoms with van der Waals surface area (Å²) in [5.41, 5.74) is 0.580. The Morgan fingerprint density at radius 3 is 2.35 bits per heavy atom. The number of nitrogens with one attached hydrogen (secondary N) is 1. The summed E-state index contributed by atoms with van der Waals surface area (Å²) in [5.74, 6) is -0.00501. The van der Waals surface area contributed by atoms with Crippen molar-refractivity contribution in [3.63, 3.8) is 0 Å². The Morgan fingerprint density at radius 2 is 1.82 bits per heavy atom. The molecule has 2 aromatic rings. The zero-order valence-electron chi connectivity index (χ0n) is 8.35. The van der Waals surface area contributed by atoms with Crippen molar-refractivity contribution in [1.82, 2.24) is 4.98 Å². The lowest BCUT2D eigenvalue weighted by Gasteiger charge is -2.07. The van der Waals surface area contributed by atoms with Gasteiger partial charge in [-0.05, 0) is 40.2 Å². The number of nitrogens with zero attached hydrogens (tertiary/aromatic N) is 1. The third kappa shape index (κ3) is 3.09. The molecule has 0 unspecified atom stereocenters. The number of halogens is 4. The molecule has 1 aromatic heterocycles. The second-order valence-corrected chi connectivity index (χ2v) is 4.97. The van der Waals surface area contributed by atoms with E-state index in [9.17, 15) is 4.39 Å². The standard InChI is InChI=1S/C11H6BrCl2FN2/c12-6-1-2-10(16-5-6)17-7-3-8(13)11(15)9(14)4-7/h1-5H,(H,16,17). The summed E-state index contributed by atoms with van der Waals surface area (Å²) >= 11 is 14.6. The normalized spacial score (nSPS) is 10.4. The van der Waals surface area contributed by atoms with Gasteiger partial charge < -0.3 is 5.32 Å². The monoisotopic (exact) mass is 334 g/mol. The summed E-state index contributed by atoms with van der Waals surface area (Å²) in [6.45, 7) is 0. The van der Waals surface area contributed by atoms with Crippen LogP contribution < -0.4 is 5.32 Å². The fourth-order valence-electron chi connectivity index (χ4n) is 1.23. The molecule has 0 fully saturated rings. The summed E-state index contributed by atoms with van der Waals surface area (Å²) in [5, 5.41) is 2.91. The van der Waals surface area contributed by atoms with Gasteiger partial charge in [-0.3, -0.25) is 0 Å². The zero-order chi connectivity index (χ0) is 12.4. The first-order valence-electron chi connectivity index (χ1n) is 4.59. The van der Waals surface area contributed by atoms with Crippen LogP contribution in [0.3, 0.4) is 0 Å². The van der Waals surface area contributed by atoms with Crippen molar-refractivity contribution in [3.05, 3.63) is 50.8 Å². The van der Waals surface area contributed by atoms with Crippen LogP contribution in [0.4, 0.5) is 15.9 Å². The number of hydrogen-bond acceptors (Lipinski definition) is 2. The van der Waals surface area contributed by atoms with Crippen molar-refractivity contribution in [2.24, 2.45) is 0 Å². The van der Waals surface area contributed by atoms with Crippen LogP contribution in [0, 0.1) is 5.82 Å². The Bertz CT molecular complexity index is 523. The minimum atomic E-state index is -0.623. The first-order valence-corrected chi connectivity index (χ1v) is 6.14. The molecule has 1 N–H and O–H groups in total. The SMILES string of the molecule is Fc1c(Cl)cc(Nc2ccc(Br)cn2)cc1Cl. The molecular formula is C11H6BrCl2FN2. The van der Waals surface area contributed by atoms with E-state index in [0.717, 1.165) is 4.47 Å². The fraction of sp³-hybridized carbons (Fsp3) is 0. The van der Waals surface area contributed by atoms with Crippen LogP contribution in [0.2, 0.25) is 10.0 Å². The van der Waals surface area contributed by atoms with Crippen molar-refractivity contribution >= 4 is 50.6 Å². The largest absolute Gasteiger partial charge is 0.340 e. The lowest BCUT2D eigenvalue weighted by Crippen LogP contribution is -1.94. The quantitative estimate of drug-likeness (QED) is 0.778. The van der Waals surface area contributed by atoms with Crippen molar-refractivity contribution in [2.45, 2.75) is 0 Å². The second-order valence-electron chi connectivity index (χ2n) is 3.24. The van der Waals surface area contributed by atoms with Crippen molar-refractivity contribution in [3.8, 4) is 0 Å². The summed E-state index contributed by atoms with van der Waals surface area (Å²) in [7, 11) is 0. The van der Waals surface area contributed by atoms with Gasteiger partial charge in [0, 0.05) is 16.4 Å². The maximum Gasteiger partial charge on any atom is 0.160 e. The molecule has 0 aliphatic heterocycles. The molecule has 2 rings (SSSR count). The molecule has 0 saturated carbocycles.